The zero-order valence-electron chi connectivity index (χ0n) is 4.41. The van der Waals surface area contributed by atoms with E-state index in [9.17, 15) is 0 Å². The number of hydrogen-bond acceptors (Lipinski definition) is 3. The second-order valence-electron chi connectivity index (χ2n) is 1.80. The van der Waals surface area contributed by atoms with E-state index in [4.69, 9.17) is 0 Å². The van der Waals surface area contributed by atoms with Gasteiger partial charge in [0.2, 0.25) is 0 Å². The molecule has 2 aliphatic rings. The largest absolute Gasteiger partial charge is 0.286 e. The predicted molar refractivity (Wildman–Crippen MR) is 30.0 cm³/mol. The Morgan fingerprint density at radius 1 is 1.38 bits per heavy atom. The molecule has 0 aromatic rings. The molecule has 0 unspecified atom stereocenters. The fourth-order valence-corrected chi connectivity index (χ4v) is 0.874. The molecule has 0 radical (unpaired) electrons. The number of hydrazine groups is 2. The van der Waals surface area contributed by atoms with Crippen molar-refractivity contribution in [3.63, 3.8) is 0 Å². The zero-order valence-corrected chi connectivity index (χ0v) is 4.41. The maximum absolute atomic E-state index is 3.01. The van der Waals surface area contributed by atoms with Crippen LogP contribution in [-0.2, 0) is 0 Å². The standard InChI is InChI=1S/C5H7N3/c1-3-7-5-2-6-8(7)4-1/h1-2,4-6H,3H2. The van der Waals surface area contributed by atoms with Crippen LogP contribution < -0.4 is 5.43 Å². The lowest BCUT2D eigenvalue weighted by molar-refractivity contribution is 0.0972. The third kappa shape index (κ3) is 0.332. The van der Waals surface area contributed by atoms with Crippen LogP contribution in [0.25, 0.3) is 0 Å². The van der Waals surface area contributed by atoms with Crippen molar-refractivity contribution in [2.75, 3.05) is 6.54 Å². The van der Waals surface area contributed by atoms with E-state index < -0.39 is 0 Å². The zero-order chi connectivity index (χ0) is 5.40. The average molecular weight is 109 g/mol. The normalized spacial score (nSPS) is 22.0. The Labute approximate surface area is 47.8 Å². The Balaban J connectivity index is 2.20. The van der Waals surface area contributed by atoms with Gasteiger partial charge in [0.1, 0.15) is 0 Å². The maximum atomic E-state index is 3.01. The summed E-state index contributed by atoms with van der Waals surface area (Å²) in [4.78, 5) is 0. The van der Waals surface area contributed by atoms with Crippen molar-refractivity contribution in [2.24, 2.45) is 0 Å². The van der Waals surface area contributed by atoms with Gasteiger partial charge in [-0.15, -0.1) is 0 Å². The van der Waals surface area contributed by atoms with Gasteiger partial charge in [-0.25, -0.2) is 5.12 Å². The van der Waals surface area contributed by atoms with Crippen molar-refractivity contribution < 1.29 is 0 Å². The first-order valence-corrected chi connectivity index (χ1v) is 2.62. The van der Waals surface area contributed by atoms with Crippen LogP contribution in [0.1, 0.15) is 0 Å². The molecule has 0 bridgehead atoms. The van der Waals surface area contributed by atoms with Gasteiger partial charge < -0.3 is 0 Å². The molecule has 3 heteroatoms. The number of nitrogens with zero attached hydrogens (tertiary/aromatic N) is 2. The van der Waals surface area contributed by atoms with Crippen LogP contribution in [0.3, 0.4) is 0 Å². The van der Waals surface area contributed by atoms with E-state index in [1.807, 2.05) is 23.7 Å². The molecule has 0 aromatic carbocycles. The van der Waals surface area contributed by atoms with E-state index in [0.29, 0.717) is 0 Å². The van der Waals surface area contributed by atoms with Gasteiger partial charge in [0, 0.05) is 18.6 Å². The molecule has 2 rings (SSSR count). The van der Waals surface area contributed by atoms with E-state index >= 15 is 0 Å². The predicted octanol–water partition coefficient (Wildman–Crippen LogP) is 0.0221. The third-order valence-corrected chi connectivity index (χ3v) is 1.27. The summed E-state index contributed by atoms with van der Waals surface area (Å²) in [6.45, 7) is 0.990. The van der Waals surface area contributed by atoms with Crippen molar-refractivity contribution in [3.05, 3.63) is 24.7 Å². The highest BCUT2D eigenvalue weighted by atomic mass is 15.8. The summed E-state index contributed by atoms with van der Waals surface area (Å²) in [5, 5.41) is 4.00. The molecule has 42 valence electrons. The fraction of sp³-hybridized carbons (Fsp3) is 0.200. The summed E-state index contributed by atoms with van der Waals surface area (Å²) < 4.78 is 0. The minimum atomic E-state index is 0.990. The number of hydrogen-bond donors (Lipinski definition) is 1. The van der Waals surface area contributed by atoms with E-state index in [1.54, 1.807) is 0 Å². The first kappa shape index (κ1) is 3.83. The van der Waals surface area contributed by atoms with Crippen LogP contribution in [0.15, 0.2) is 24.7 Å². The SMILES string of the molecule is C1=CN2NC=CN2C1. The summed E-state index contributed by atoms with van der Waals surface area (Å²) in [6, 6.07) is 0. The molecule has 0 spiro atoms. The van der Waals surface area contributed by atoms with Gasteiger partial charge in [-0.3, -0.25) is 10.4 Å². The number of fused-ring (bicyclic) bond motifs is 1. The van der Waals surface area contributed by atoms with Crippen LogP contribution in [-0.4, -0.2) is 16.7 Å². The van der Waals surface area contributed by atoms with Crippen molar-refractivity contribution in [3.8, 4) is 0 Å². The van der Waals surface area contributed by atoms with Gasteiger partial charge in [-0.1, -0.05) is 0 Å². The molecule has 0 aliphatic carbocycles. The smallest absolute Gasteiger partial charge is 0.0608 e. The molecule has 0 aromatic heterocycles. The van der Waals surface area contributed by atoms with Crippen molar-refractivity contribution in [1.29, 1.82) is 0 Å². The summed E-state index contributed by atoms with van der Waals surface area (Å²) in [5.41, 5.74) is 3.01. The van der Waals surface area contributed by atoms with Crippen LogP contribution in [0.5, 0.6) is 0 Å². The molecule has 0 saturated carbocycles. The lowest BCUT2D eigenvalue weighted by atomic mass is 10.6. The molecule has 2 aliphatic heterocycles. The van der Waals surface area contributed by atoms with Gasteiger partial charge >= 0.3 is 0 Å². The molecule has 2 heterocycles. The molecule has 0 saturated heterocycles. The van der Waals surface area contributed by atoms with Crippen LogP contribution in [0.4, 0.5) is 0 Å². The highest BCUT2D eigenvalue weighted by Crippen LogP contribution is 2.08. The molecule has 0 atom stereocenters. The Kier molecular flexibility index (Phi) is 0.566. The van der Waals surface area contributed by atoms with Crippen LogP contribution in [0, 0.1) is 0 Å². The van der Waals surface area contributed by atoms with E-state index in [2.05, 4.69) is 16.5 Å². The Morgan fingerprint density at radius 3 is 3.25 bits per heavy atom. The van der Waals surface area contributed by atoms with Gasteiger partial charge in [-0.2, -0.15) is 0 Å². The Hall–Kier alpha value is -1.12. The lowest BCUT2D eigenvalue weighted by Crippen LogP contribution is -2.32. The molecular formula is C5H7N3. The average Bonchev–Trinajstić information content (AvgIpc) is 2.15. The van der Waals surface area contributed by atoms with Gasteiger partial charge in [0.05, 0.1) is 6.54 Å². The quantitative estimate of drug-likeness (QED) is 0.473. The highest BCUT2D eigenvalue weighted by Gasteiger charge is 2.13. The Bertz CT molecular complexity index is 132. The van der Waals surface area contributed by atoms with Crippen molar-refractivity contribution >= 4 is 0 Å². The molecule has 3 nitrogen and oxygen atoms in total. The van der Waals surface area contributed by atoms with E-state index in [0.717, 1.165) is 6.54 Å². The lowest BCUT2D eigenvalue weighted by Gasteiger charge is -2.19. The summed E-state index contributed by atoms with van der Waals surface area (Å²) in [7, 11) is 0. The molecular weight excluding hydrogens is 102 g/mol. The molecule has 0 fully saturated rings. The van der Waals surface area contributed by atoms with Crippen LogP contribution in [0.2, 0.25) is 0 Å². The minimum Gasteiger partial charge on any atom is -0.286 e. The first-order chi connectivity index (χ1) is 3.97. The Morgan fingerprint density at radius 2 is 2.38 bits per heavy atom. The second kappa shape index (κ2) is 1.18. The maximum Gasteiger partial charge on any atom is 0.0608 e. The van der Waals surface area contributed by atoms with Gasteiger partial charge in [-0.05, 0) is 6.08 Å². The number of rotatable bonds is 0. The number of nitrogens with one attached hydrogen (secondary N) is 1. The van der Waals surface area contributed by atoms with Gasteiger partial charge in [0.15, 0.2) is 0 Å². The molecule has 8 heavy (non-hydrogen) atoms. The van der Waals surface area contributed by atoms with Gasteiger partial charge in [0.25, 0.3) is 0 Å². The minimum absolute atomic E-state index is 0.990. The fourth-order valence-electron chi connectivity index (χ4n) is 0.874. The van der Waals surface area contributed by atoms with Crippen molar-refractivity contribution in [1.82, 2.24) is 15.6 Å². The molecule has 1 N–H and O–H groups in total. The topological polar surface area (TPSA) is 18.5 Å². The van der Waals surface area contributed by atoms with Crippen molar-refractivity contribution in [2.45, 2.75) is 0 Å². The summed E-state index contributed by atoms with van der Waals surface area (Å²) >= 11 is 0. The monoisotopic (exact) mass is 109 g/mol. The highest BCUT2D eigenvalue weighted by molar-refractivity contribution is 4.99. The summed E-state index contributed by atoms with van der Waals surface area (Å²) in [6.07, 6.45) is 8.00. The first-order valence-electron chi connectivity index (χ1n) is 2.62. The van der Waals surface area contributed by atoms with E-state index in [-0.39, 0.29) is 0 Å². The molecule has 0 amide bonds. The van der Waals surface area contributed by atoms with Crippen LogP contribution >= 0.6 is 0 Å². The van der Waals surface area contributed by atoms with E-state index in [1.165, 1.54) is 0 Å². The summed E-state index contributed by atoms with van der Waals surface area (Å²) in [5.74, 6) is 0. The third-order valence-electron chi connectivity index (χ3n) is 1.27. The second-order valence-corrected chi connectivity index (χ2v) is 1.80.